The molecule has 6 rings (SSSR count). The van der Waals surface area contributed by atoms with Gasteiger partial charge in [-0.2, -0.15) is 5.10 Å². The topological polar surface area (TPSA) is 181 Å². The zero-order chi connectivity index (χ0) is 33.4. The summed E-state index contributed by atoms with van der Waals surface area (Å²) < 4.78 is 11.1. The van der Waals surface area contributed by atoms with E-state index in [4.69, 9.17) is 15.1 Å². The Labute approximate surface area is 270 Å². The van der Waals surface area contributed by atoms with E-state index in [2.05, 4.69) is 25.7 Å². The highest BCUT2D eigenvalue weighted by atomic mass is 16.4. The molecule has 0 radical (unpaired) electrons. The Bertz CT molecular complexity index is 2170. The van der Waals surface area contributed by atoms with E-state index in [9.17, 15) is 14.4 Å². The number of aromatic nitrogens is 7. The second-order valence-electron chi connectivity index (χ2n) is 11.4. The van der Waals surface area contributed by atoms with Crippen molar-refractivity contribution in [3.63, 3.8) is 0 Å². The van der Waals surface area contributed by atoms with E-state index in [1.165, 1.54) is 0 Å². The van der Waals surface area contributed by atoms with Crippen LogP contribution < -0.4 is 16.4 Å². The van der Waals surface area contributed by atoms with Gasteiger partial charge >= 0.3 is 0 Å². The molecule has 0 aliphatic carbocycles. The van der Waals surface area contributed by atoms with Crippen LogP contribution in [0.2, 0.25) is 0 Å². The van der Waals surface area contributed by atoms with Crippen molar-refractivity contribution in [3.8, 4) is 0 Å². The first-order valence-electron chi connectivity index (χ1n) is 15.4. The standard InChI is InChI=1S/C33H36N10O4/c1-6-43-26(16-19(3)40-43)30(45)38-32-37-24-17-22(29(34)44)12-13-25(24)41(32)14-7-8-15-42-27-18(2)10-9-11-23(27)36-33(42)39-31(46)28-20(4)35-21(5)47-28/h9-13,16-17H,6-8,14-15H2,1-5H3,(H2,34,44)(H,36,39,46)(H,37,38,45). The van der Waals surface area contributed by atoms with E-state index in [0.29, 0.717) is 72.7 Å². The number of nitrogens with zero attached hydrogens (tertiary/aromatic N) is 7. The number of hydrogen-bond donors (Lipinski definition) is 3. The highest BCUT2D eigenvalue weighted by molar-refractivity contribution is 6.04. The van der Waals surface area contributed by atoms with Crippen LogP contribution in [0, 0.1) is 27.7 Å². The molecule has 4 heterocycles. The molecule has 0 unspecified atom stereocenters. The van der Waals surface area contributed by atoms with Crippen LogP contribution in [-0.4, -0.2) is 51.6 Å². The molecule has 4 N–H and O–H groups in total. The van der Waals surface area contributed by atoms with Crippen molar-refractivity contribution < 1.29 is 18.8 Å². The summed E-state index contributed by atoms with van der Waals surface area (Å²) in [5, 5.41) is 10.3. The number of hydrogen-bond acceptors (Lipinski definition) is 8. The lowest BCUT2D eigenvalue weighted by Gasteiger charge is -2.13. The number of anilines is 2. The summed E-state index contributed by atoms with van der Waals surface area (Å²) in [5.74, 6) is 0.00850. The van der Waals surface area contributed by atoms with Gasteiger partial charge in [-0.1, -0.05) is 12.1 Å². The summed E-state index contributed by atoms with van der Waals surface area (Å²) in [6.07, 6.45) is 1.40. The van der Waals surface area contributed by atoms with Gasteiger partial charge in [-0.25, -0.2) is 15.0 Å². The molecule has 6 aromatic rings. The first kappa shape index (κ1) is 31.2. The first-order chi connectivity index (χ1) is 22.5. The zero-order valence-corrected chi connectivity index (χ0v) is 26.9. The molecular formula is C33H36N10O4. The number of fused-ring (bicyclic) bond motifs is 2. The summed E-state index contributed by atoms with van der Waals surface area (Å²) in [6.45, 7) is 10.8. The molecule has 0 spiro atoms. The van der Waals surface area contributed by atoms with E-state index >= 15 is 0 Å². The van der Waals surface area contributed by atoms with Crippen molar-refractivity contribution in [2.75, 3.05) is 10.6 Å². The van der Waals surface area contributed by atoms with Gasteiger partial charge < -0.3 is 19.3 Å². The largest absolute Gasteiger partial charge is 0.436 e. The number of rotatable bonds is 11. The molecule has 14 heteroatoms. The predicted molar refractivity (Wildman–Crippen MR) is 176 cm³/mol. The number of carbonyl (C=O) groups is 3. The van der Waals surface area contributed by atoms with Gasteiger partial charge in [0.05, 0.1) is 33.5 Å². The normalized spacial score (nSPS) is 11.4. The minimum absolute atomic E-state index is 0.149. The van der Waals surface area contributed by atoms with Gasteiger partial charge in [-0.15, -0.1) is 0 Å². The summed E-state index contributed by atoms with van der Waals surface area (Å²) in [4.78, 5) is 51.9. The Balaban J connectivity index is 1.25. The Morgan fingerprint density at radius 3 is 2.26 bits per heavy atom. The molecule has 0 aliphatic heterocycles. The lowest BCUT2D eigenvalue weighted by molar-refractivity contribution is 0.0988. The van der Waals surface area contributed by atoms with E-state index in [1.54, 1.807) is 42.8 Å². The van der Waals surface area contributed by atoms with Crippen molar-refractivity contribution >= 4 is 51.7 Å². The Morgan fingerprint density at radius 1 is 0.851 bits per heavy atom. The molecule has 47 heavy (non-hydrogen) atoms. The van der Waals surface area contributed by atoms with Crippen molar-refractivity contribution in [2.45, 2.75) is 67.1 Å². The second-order valence-corrected chi connectivity index (χ2v) is 11.4. The van der Waals surface area contributed by atoms with E-state index < -0.39 is 11.8 Å². The van der Waals surface area contributed by atoms with Crippen LogP contribution in [0.1, 0.15) is 74.0 Å². The summed E-state index contributed by atoms with van der Waals surface area (Å²) >= 11 is 0. The van der Waals surface area contributed by atoms with Crippen molar-refractivity contribution in [1.82, 2.24) is 33.9 Å². The quantitative estimate of drug-likeness (QED) is 0.168. The molecule has 4 aromatic heterocycles. The van der Waals surface area contributed by atoms with Crippen LogP contribution in [0.15, 0.2) is 46.9 Å². The third-order valence-electron chi connectivity index (χ3n) is 8.01. The van der Waals surface area contributed by atoms with Crippen LogP contribution in [0.25, 0.3) is 22.1 Å². The molecule has 0 atom stereocenters. The van der Waals surface area contributed by atoms with Gasteiger partial charge in [0, 0.05) is 32.1 Å². The van der Waals surface area contributed by atoms with Crippen molar-refractivity contribution in [3.05, 3.63) is 82.3 Å². The highest BCUT2D eigenvalue weighted by Gasteiger charge is 2.22. The molecule has 0 saturated heterocycles. The minimum atomic E-state index is -0.561. The monoisotopic (exact) mass is 636 g/mol. The van der Waals surface area contributed by atoms with Gasteiger partial charge in [0.25, 0.3) is 11.8 Å². The van der Waals surface area contributed by atoms with Crippen molar-refractivity contribution in [2.24, 2.45) is 5.73 Å². The predicted octanol–water partition coefficient (Wildman–Crippen LogP) is 4.91. The van der Waals surface area contributed by atoms with Gasteiger partial charge in [-0.05, 0) is 76.4 Å². The molecular weight excluding hydrogens is 600 g/mol. The highest BCUT2D eigenvalue weighted by Crippen LogP contribution is 2.26. The fourth-order valence-electron chi connectivity index (χ4n) is 5.86. The summed E-state index contributed by atoms with van der Waals surface area (Å²) in [5.41, 5.74) is 11.5. The molecule has 0 fully saturated rings. The number of oxazole rings is 1. The lowest BCUT2D eigenvalue weighted by atomic mass is 10.2. The van der Waals surface area contributed by atoms with Gasteiger partial charge in [0.1, 0.15) is 5.69 Å². The molecule has 242 valence electrons. The minimum Gasteiger partial charge on any atom is -0.436 e. The number of imidazole rings is 2. The third-order valence-corrected chi connectivity index (χ3v) is 8.01. The van der Waals surface area contributed by atoms with Crippen LogP contribution >= 0.6 is 0 Å². The maximum atomic E-state index is 13.3. The number of nitrogens with one attached hydrogen (secondary N) is 2. The maximum absolute atomic E-state index is 13.3. The average Bonchev–Trinajstić information content (AvgIpc) is 3.77. The van der Waals surface area contributed by atoms with Gasteiger partial charge in [0.15, 0.2) is 5.89 Å². The first-order valence-corrected chi connectivity index (χ1v) is 15.4. The zero-order valence-electron chi connectivity index (χ0n) is 26.9. The SMILES string of the molecule is CCn1nc(C)cc1C(=O)Nc1nc2cc(C(N)=O)ccc2n1CCCCn1c(NC(=O)c2oc(C)nc2C)nc2cccc(C)c21. The maximum Gasteiger partial charge on any atom is 0.295 e. The van der Waals surface area contributed by atoms with Crippen LogP contribution in [0.3, 0.4) is 0 Å². The molecule has 3 amide bonds. The number of primary amides is 1. The van der Waals surface area contributed by atoms with Crippen LogP contribution in [-0.2, 0) is 19.6 Å². The number of carbonyl (C=O) groups excluding carboxylic acids is 3. The Hall–Kier alpha value is -5.79. The number of nitrogens with two attached hydrogens (primary N) is 1. The lowest BCUT2D eigenvalue weighted by Crippen LogP contribution is -2.20. The number of para-hydroxylation sites is 1. The van der Waals surface area contributed by atoms with Crippen LogP contribution in [0.4, 0.5) is 11.9 Å². The van der Waals surface area contributed by atoms with Gasteiger partial charge in [-0.3, -0.25) is 29.7 Å². The van der Waals surface area contributed by atoms with E-state index in [1.807, 2.05) is 48.1 Å². The average molecular weight is 637 g/mol. The van der Waals surface area contributed by atoms with Crippen LogP contribution in [0.5, 0.6) is 0 Å². The number of amides is 3. The summed E-state index contributed by atoms with van der Waals surface area (Å²) in [6, 6.07) is 12.6. The Kier molecular flexibility index (Phi) is 8.33. The van der Waals surface area contributed by atoms with Gasteiger partial charge in [0.2, 0.25) is 23.6 Å². The fourth-order valence-corrected chi connectivity index (χ4v) is 5.86. The molecule has 0 aliphatic rings. The summed E-state index contributed by atoms with van der Waals surface area (Å²) in [7, 11) is 0. The molecule has 2 aromatic carbocycles. The molecule has 0 saturated carbocycles. The van der Waals surface area contributed by atoms with Crippen molar-refractivity contribution in [1.29, 1.82) is 0 Å². The number of unbranched alkanes of at least 4 members (excludes halogenated alkanes) is 1. The third kappa shape index (κ3) is 6.09. The molecule has 0 bridgehead atoms. The number of benzene rings is 2. The number of aryl methyl sites for hydroxylation is 7. The van der Waals surface area contributed by atoms with E-state index in [-0.39, 0.29) is 11.7 Å². The fraction of sp³-hybridized carbons (Fsp3) is 0.303. The second kappa shape index (κ2) is 12.5. The Morgan fingerprint density at radius 2 is 1.55 bits per heavy atom. The smallest absolute Gasteiger partial charge is 0.295 e. The van der Waals surface area contributed by atoms with E-state index in [0.717, 1.165) is 27.8 Å². The molecule has 14 nitrogen and oxygen atoms in total.